The molecular weight excluding hydrogens is 312 g/mol. The highest BCUT2D eigenvalue weighted by molar-refractivity contribution is 5.85. The van der Waals surface area contributed by atoms with Gasteiger partial charge in [0.1, 0.15) is 5.82 Å². The predicted molar refractivity (Wildman–Crippen MR) is 94.9 cm³/mol. The summed E-state index contributed by atoms with van der Waals surface area (Å²) in [6.45, 7) is 9.13. The molecule has 1 aliphatic heterocycles. The topological polar surface area (TPSA) is 51.1 Å². The second-order valence-electron chi connectivity index (χ2n) is 7.11. The maximum Gasteiger partial charge on any atom is 0.122 e. The lowest BCUT2D eigenvalue weighted by atomic mass is 9.94. The largest absolute Gasteiger partial charge is 0.379 e. The van der Waals surface area contributed by atoms with Gasteiger partial charge in [-0.3, -0.25) is 0 Å². The Hall–Kier alpha value is -0.620. The van der Waals surface area contributed by atoms with Crippen molar-refractivity contribution in [3.8, 4) is 0 Å². The highest BCUT2D eigenvalue weighted by Gasteiger charge is 2.34. The first-order chi connectivity index (χ1) is 10.7. The Bertz CT molecular complexity index is 459. The molecule has 2 N–H and O–H groups in total. The SMILES string of the molecule is CC(C)Cn1ccnc1CNC1CCCC1C1COCCN1.Cl. The summed E-state index contributed by atoms with van der Waals surface area (Å²) in [5, 5.41) is 7.40. The van der Waals surface area contributed by atoms with E-state index < -0.39 is 0 Å². The highest BCUT2D eigenvalue weighted by atomic mass is 35.5. The molecule has 1 aliphatic carbocycles. The summed E-state index contributed by atoms with van der Waals surface area (Å²) in [6, 6.07) is 1.10. The number of ether oxygens (including phenoxy) is 1. The number of nitrogens with one attached hydrogen (secondary N) is 2. The van der Waals surface area contributed by atoms with E-state index in [2.05, 4.69) is 40.2 Å². The van der Waals surface area contributed by atoms with E-state index in [9.17, 15) is 0 Å². The minimum atomic E-state index is 0. The summed E-state index contributed by atoms with van der Waals surface area (Å²) in [5.41, 5.74) is 0. The molecule has 0 aromatic carbocycles. The molecule has 0 bridgehead atoms. The number of morpholine rings is 1. The molecule has 3 atom stereocenters. The third kappa shape index (κ3) is 4.92. The number of hydrogen-bond donors (Lipinski definition) is 2. The van der Waals surface area contributed by atoms with Gasteiger partial charge >= 0.3 is 0 Å². The molecule has 0 spiro atoms. The molecule has 2 fully saturated rings. The van der Waals surface area contributed by atoms with E-state index in [0.717, 1.165) is 38.7 Å². The molecular formula is C17H31ClN4O. The fraction of sp³-hybridized carbons (Fsp3) is 0.824. The van der Waals surface area contributed by atoms with Crippen LogP contribution < -0.4 is 10.6 Å². The van der Waals surface area contributed by atoms with Crippen LogP contribution in [0.2, 0.25) is 0 Å². The Kier molecular flexibility index (Phi) is 7.34. The van der Waals surface area contributed by atoms with Gasteiger partial charge in [-0.25, -0.2) is 4.98 Å². The molecule has 6 heteroatoms. The molecule has 132 valence electrons. The van der Waals surface area contributed by atoms with E-state index >= 15 is 0 Å². The summed E-state index contributed by atoms with van der Waals surface area (Å²) < 4.78 is 7.93. The van der Waals surface area contributed by atoms with Crippen molar-refractivity contribution in [2.24, 2.45) is 11.8 Å². The summed E-state index contributed by atoms with van der Waals surface area (Å²) in [4.78, 5) is 4.53. The molecule has 1 aromatic heterocycles. The van der Waals surface area contributed by atoms with Crippen LogP contribution in [0.3, 0.4) is 0 Å². The standard InChI is InChI=1S/C17H30N4O.ClH/c1-13(2)11-21-8-6-19-17(21)10-20-15-5-3-4-14(15)16-12-22-9-7-18-16;/h6,8,13-16,18,20H,3-5,7,9-12H2,1-2H3;1H. The van der Waals surface area contributed by atoms with E-state index in [4.69, 9.17) is 4.74 Å². The van der Waals surface area contributed by atoms with Crippen LogP contribution in [0.15, 0.2) is 12.4 Å². The van der Waals surface area contributed by atoms with Crippen LogP contribution in [0.25, 0.3) is 0 Å². The summed E-state index contributed by atoms with van der Waals surface area (Å²) in [5.74, 6) is 2.50. The first-order valence-electron chi connectivity index (χ1n) is 8.78. The van der Waals surface area contributed by atoms with Crippen molar-refractivity contribution >= 4 is 12.4 Å². The number of halogens is 1. The van der Waals surface area contributed by atoms with Crippen molar-refractivity contribution in [1.82, 2.24) is 20.2 Å². The van der Waals surface area contributed by atoms with E-state index in [-0.39, 0.29) is 12.4 Å². The molecule has 1 saturated carbocycles. The normalized spacial score (nSPS) is 28.0. The zero-order chi connectivity index (χ0) is 15.4. The van der Waals surface area contributed by atoms with Crippen molar-refractivity contribution in [2.45, 2.75) is 58.3 Å². The van der Waals surface area contributed by atoms with E-state index in [1.54, 1.807) is 0 Å². The van der Waals surface area contributed by atoms with Gasteiger partial charge in [0, 0.05) is 37.6 Å². The molecule has 3 unspecified atom stereocenters. The maximum absolute atomic E-state index is 5.65. The second kappa shape index (κ2) is 9.02. The van der Waals surface area contributed by atoms with Crippen molar-refractivity contribution < 1.29 is 4.74 Å². The second-order valence-corrected chi connectivity index (χ2v) is 7.11. The Morgan fingerprint density at radius 3 is 3.04 bits per heavy atom. The van der Waals surface area contributed by atoms with Crippen molar-refractivity contribution in [1.29, 1.82) is 0 Å². The van der Waals surface area contributed by atoms with Crippen LogP contribution in [0, 0.1) is 11.8 Å². The van der Waals surface area contributed by atoms with Crippen molar-refractivity contribution in [3.63, 3.8) is 0 Å². The van der Waals surface area contributed by atoms with Gasteiger partial charge in [0.25, 0.3) is 0 Å². The third-order valence-electron chi connectivity index (χ3n) is 4.92. The van der Waals surface area contributed by atoms with Crippen LogP contribution in [-0.2, 0) is 17.8 Å². The monoisotopic (exact) mass is 342 g/mol. The number of aromatic nitrogens is 2. The van der Waals surface area contributed by atoms with Gasteiger partial charge in [0.05, 0.1) is 19.8 Å². The van der Waals surface area contributed by atoms with E-state index in [1.807, 2.05) is 6.20 Å². The molecule has 1 aromatic rings. The van der Waals surface area contributed by atoms with E-state index in [1.165, 1.54) is 19.3 Å². The molecule has 1 saturated heterocycles. The predicted octanol–water partition coefficient (Wildman–Crippen LogP) is 2.21. The summed E-state index contributed by atoms with van der Waals surface area (Å²) in [7, 11) is 0. The minimum Gasteiger partial charge on any atom is -0.379 e. The molecule has 3 rings (SSSR count). The van der Waals surface area contributed by atoms with Crippen LogP contribution in [0.1, 0.15) is 38.9 Å². The van der Waals surface area contributed by atoms with Gasteiger partial charge in [0.2, 0.25) is 0 Å². The quantitative estimate of drug-likeness (QED) is 0.832. The molecule has 23 heavy (non-hydrogen) atoms. The summed E-state index contributed by atoms with van der Waals surface area (Å²) >= 11 is 0. The lowest BCUT2D eigenvalue weighted by Crippen LogP contribution is -2.50. The smallest absolute Gasteiger partial charge is 0.122 e. The van der Waals surface area contributed by atoms with Crippen LogP contribution in [0.4, 0.5) is 0 Å². The average Bonchev–Trinajstić information content (AvgIpc) is 3.14. The van der Waals surface area contributed by atoms with Crippen LogP contribution in [0.5, 0.6) is 0 Å². The van der Waals surface area contributed by atoms with Crippen LogP contribution in [-0.4, -0.2) is 41.4 Å². The molecule has 5 nitrogen and oxygen atoms in total. The molecule has 2 aliphatic rings. The van der Waals surface area contributed by atoms with Gasteiger partial charge < -0.3 is 19.9 Å². The van der Waals surface area contributed by atoms with Crippen molar-refractivity contribution in [2.75, 3.05) is 19.8 Å². The minimum absolute atomic E-state index is 0. The maximum atomic E-state index is 5.65. The third-order valence-corrected chi connectivity index (χ3v) is 4.92. The van der Waals surface area contributed by atoms with Gasteiger partial charge in [-0.2, -0.15) is 0 Å². The van der Waals surface area contributed by atoms with Crippen molar-refractivity contribution in [3.05, 3.63) is 18.2 Å². The fourth-order valence-electron chi connectivity index (χ4n) is 3.87. The Morgan fingerprint density at radius 2 is 2.30 bits per heavy atom. The first-order valence-corrected chi connectivity index (χ1v) is 8.78. The lowest BCUT2D eigenvalue weighted by molar-refractivity contribution is 0.0523. The van der Waals surface area contributed by atoms with Crippen LogP contribution >= 0.6 is 12.4 Å². The number of nitrogens with zero attached hydrogens (tertiary/aromatic N) is 2. The molecule has 0 radical (unpaired) electrons. The Balaban J connectivity index is 0.00000192. The zero-order valence-corrected chi connectivity index (χ0v) is 15.1. The average molecular weight is 343 g/mol. The fourth-order valence-corrected chi connectivity index (χ4v) is 3.87. The van der Waals surface area contributed by atoms with Gasteiger partial charge in [0.15, 0.2) is 0 Å². The first kappa shape index (κ1) is 18.7. The zero-order valence-electron chi connectivity index (χ0n) is 14.3. The van der Waals surface area contributed by atoms with Gasteiger partial charge in [-0.15, -0.1) is 12.4 Å². The Morgan fingerprint density at radius 1 is 1.43 bits per heavy atom. The number of hydrogen-bond acceptors (Lipinski definition) is 4. The highest BCUT2D eigenvalue weighted by Crippen LogP contribution is 2.29. The summed E-state index contributed by atoms with van der Waals surface area (Å²) in [6.07, 6.45) is 7.91. The number of rotatable bonds is 6. The van der Waals surface area contributed by atoms with Gasteiger partial charge in [-0.05, 0) is 24.7 Å². The van der Waals surface area contributed by atoms with E-state index in [0.29, 0.717) is 23.9 Å². The lowest BCUT2D eigenvalue weighted by Gasteiger charge is -2.33. The Labute approximate surface area is 146 Å². The molecule has 0 amide bonds. The number of imidazole rings is 1. The molecule has 2 heterocycles. The van der Waals surface area contributed by atoms with Gasteiger partial charge in [-0.1, -0.05) is 20.3 Å².